The van der Waals surface area contributed by atoms with E-state index < -0.39 is 0 Å². The van der Waals surface area contributed by atoms with Crippen LogP contribution in [0.5, 0.6) is 0 Å². The number of rotatable bonds is 3. The van der Waals surface area contributed by atoms with Gasteiger partial charge in [-0.05, 0) is 37.1 Å². The van der Waals surface area contributed by atoms with Gasteiger partial charge in [0.2, 0.25) is 0 Å². The highest BCUT2D eigenvalue weighted by atomic mass is 35.5. The summed E-state index contributed by atoms with van der Waals surface area (Å²) in [6, 6.07) is 7.84. The van der Waals surface area contributed by atoms with Crippen molar-refractivity contribution in [2.45, 2.75) is 31.2 Å². The molecule has 1 aliphatic rings. The molecule has 1 aromatic carbocycles. The zero-order chi connectivity index (χ0) is 13.3. The first-order chi connectivity index (χ1) is 9.22. The molecule has 0 unspecified atom stereocenters. The zero-order valence-electron chi connectivity index (χ0n) is 10.8. The van der Waals surface area contributed by atoms with Crippen molar-refractivity contribution in [1.29, 1.82) is 0 Å². The first-order valence-electron chi connectivity index (χ1n) is 6.75. The van der Waals surface area contributed by atoms with Gasteiger partial charge in [-0.3, -0.25) is 4.98 Å². The number of anilines is 1. The summed E-state index contributed by atoms with van der Waals surface area (Å²) in [5, 5.41) is 5.48. The van der Waals surface area contributed by atoms with Crippen molar-refractivity contribution in [2.24, 2.45) is 5.73 Å². The second-order valence-electron chi connectivity index (χ2n) is 5.34. The Labute approximate surface area is 118 Å². The molecular weight excluding hydrogens is 258 g/mol. The molecule has 0 radical (unpaired) electrons. The normalized spacial score (nSPS) is 17.8. The number of benzene rings is 1. The molecule has 1 aromatic heterocycles. The summed E-state index contributed by atoms with van der Waals surface area (Å²) >= 11 is 6.02. The minimum absolute atomic E-state index is 0.0495. The van der Waals surface area contributed by atoms with E-state index in [4.69, 9.17) is 17.3 Å². The first kappa shape index (κ1) is 12.7. The van der Waals surface area contributed by atoms with Gasteiger partial charge in [0.15, 0.2) is 0 Å². The fourth-order valence-corrected chi connectivity index (χ4v) is 3.11. The molecule has 4 heteroatoms. The molecule has 0 spiro atoms. The van der Waals surface area contributed by atoms with Crippen LogP contribution in [0.3, 0.4) is 0 Å². The largest absolute Gasteiger partial charge is 0.378 e. The summed E-state index contributed by atoms with van der Waals surface area (Å²) in [4.78, 5) is 4.37. The van der Waals surface area contributed by atoms with Gasteiger partial charge in [0.05, 0.1) is 5.52 Å². The van der Waals surface area contributed by atoms with E-state index in [0.29, 0.717) is 11.6 Å². The molecule has 1 heterocycles. The Kier molecular flexibility index (Phi) is 3.33. The quantitative estimate of drug-likeness (QED) is 0.900. The lowest BCUT2D eigenvalue weighted by molar-refractivity contribution is 0.494. The van der Waals surface area contributed by atoms with Crippen LogP contribution in [0.15, 0.2) is 30.5 Å². The Balaban J connectivity index is 2.01. The minimum atomic E-state index is 0.0495. The predicted molar refractivity (Wildman–Crippen MR) is 80.6 cm³/mol. The average Bonchev–Trinajstić information content (AvgIpc) is 2.88. The Bertz CT molecular complexity index is 591. The number of fused-ring (bicyclic) bond motifs is 1. The van der Waals surface area contributed by atoms with Crippen LogP contribution in [0.4, 0.5) is 5.69 Å². The molecule has 0 atom stereocenters. The Morgan fingerprint density at radius 2 is 2.05 bits per heavy atom. The van der Waals surface area contributed by atoms with E-state index in [-0.39, 0.29) is 5.54 Å². The van der Waals surface area contributed by atoms with Crippen LogP contribution in [0.25, 0.3) is 10.9 Å². The number of aromatic nitrogens is 1. The van der Waals surface area contributed by atoms with Crippen molar-refractivity contribution in [2.75, 3.05) is 11.9 Å². The molecule has 0 bridgehead atoms. The van der Waals surface area contributed by atoms with Crippen molar-refractivity contribution >= 4 is 28.2 Å². The molecule has 3 N–H and O–H groups in total. The summed E-state index contributed by atoms with van der Waals surface area (Å²) in [5.74, 6) is 0. The summed E-state index contributed by atoms with van der Waals surface area (Å²) in [5.41, 5.74) is 8.06. The minimum Gasteiger partial charge on any atom is -0.378 e. The molecule has 1 saturated carbocycles. The van der Waals surface area contributed by atoms with Crippen LogP contribution >= 0.6 is 11.6 Å². The fraction of sp³-hybridized carbons (Fsp3) is 0.400. The summed E-state index contributed by atoms with van der Waals surface area (Å²) in [7, 11) is 0. The van der Waals surface area contributed by atoms with Gasteiger partial charge in [-0.1, -0.05) is 24.4 Å². The van der Waals surface area contributed by atoms with E-state index in [9.17, 15) is 0 Å². The van der Waals surface area contributed by atoms with Crippen molar-refractivity contribution in [3.05, 3.63) is 35.5 Å². The van der Waals surface area contributed by atoms with Gasteiger partial charge >= 0.3 is 0 Å². The molecule has 3 nitrogen and oxygen atoms in total. The lowest BCUT2D eigenvalue weighted by atomic mass is 9.97. The maximum Gasteiger partial charge on any atom is 0.0737 e. The van der Waals surface area contributed by atoms with Gasteiger partial charge in [0.1, 0.15) is 0 Å². The van der Waals surface area contributed by atoms with Crippen LogP contribution in [-0.2, 0) is 0 Å². The molecule has 1 fully saturated rings. The highest BCUT2D eigenvalue weighted by Gasteiger charge is 2.32. The standard InChI is InChI=1S/C15H18ClN3/c16-11-3-4-12-13(5-8-18-14(12)9-11)19-15(10-17)6-1-2-7-15/h3-5,8-9H,1-2,6-7,10,17H2,(H,18,19). The van der Waals surface area contributed by atoms with Crippen LogP contribution in [0, 0.1) is 0 Å². The molecule has 1 aliphatic carbocycles. The average molecular weight is 276 g/mol. The third-order valence-electron chi connectivity index (χ3n) is 4.06. The fourth-order valence-electron chi connectivity index (χ4n) is 2.95. The molecule has 100 valence electrons. The van der Waals surface area contributed by atoms with Gasteiger partial charge < -0.3 is 11.1 Å². The highest BCUT2D eigenvalue weighted by molar-refractivity contribution is 6.31. The van der Waals surface area contributed by atoms with Gasteiger partial charge in [0, 0.05) is 34.4 Å². The second kappa shape index (κ2) is 4.99. The van der Waals surface area contributed by atoms with Gasteiger partial charge in [-0.2, -0.15) is 0 Å². The van der Waals surface area contributed by atoms with E-state index in [0.717, 1.165) is 29.4 Å². The molecule has 19 heavy (non-hydrogen) atoms. The smallest absolute Gasteiger partial charge is 0.0737 e. The number of nitrogens with two attached hydrogens (primary N) is 1. The number of nitrogens with one attached hydrogen (secondary N) is 1. The van der Waals surface area contributed by atoms with Crippen LogP contribution in [-0.4, -0.2) is 17.1 Å². The maximum absolute atomic E-state index is 6.02. The number of halogens is 1. The maximum atomic E-state index is 6.02. The molecular formula is C15H18ClN3. The Morgan fingerprint density at radius 3 is 2.79 bits per heavy atom. The number of nitrogens with zero attached hydrogens (tertiary/aromatic N) is 1. The topological polar surface area (TPSA) is 50.9 Å². The molecule has 2 aromatic rings. The Morgan fingerprint density at radius 1 is 1.26 bits per heavy atom. The summed E-state index contributed by atoms with van der Waals surface area (Å²) in [6.45, 7) is 0.671. The van der Waals surface area contributed by atoms with Crippen molar-refractivity contribution in [3.63, 3.8) is 0 Å². The van der Waals surface area contributed by atoms with E-state index in [1.165, 1.54) is 12.8 Å². The van der Waals surface area contributed by atoms with Crippen LogP contribution in [0.2, 0.25) is 5.02 Å². The van der Waals surface area contributed by atoms with Crippen molar-refractivity contribution < 1.29 is 0 Å². The summed E-state index contributed by atoms with van der Waals surface area (Å²) in [6.07, 6.45) is 6.60. The van der Waals surface area contributed by atoms with Gasteiger partial charge in [0.25, 0.3) is 0 Å². The van der Waals surface area contributed by atoms with Gasteiger partial charge in [-0.25, -0.2) is 0 Å². The summed E-state index contributed by atoms with van der Waals surface area (Å²) < 4.78 is 0. The van der Waals surface area contributed by atoms with Crippen LogP contribution in [0.1, 0.15) is 25.7 Å². The monoisotopic (exact) mass is 275 g/mol. The van der Waals surface area contributed by atoms with Crippen molar-refractivity contribution in [3.8, 4) is 0 Å². The van der Waals surface area contributed by atoms with Crippen LogP contribution < -0.4 is 11.1 Å². The molecule has 0 aliphatic heterocycles. The molecule has 0 saturated heterocycles. The SMILES string of the molecule is NCC1(Nc2ccnc3cc(Cl)ccc23)CCCC1. The third kappa shape index (κ3) is 2.40. The van der Waals surface area contributed by atoms with E-state index >= 15 is 0 Å². The first-order valence-corrected chi connectivity index (χ1v) is 7.13. The second-order valence-corrected chi connectivity index (χ2v) is 5.77. The third-order valence-corrected chi connectivity index (χ3v) is 4.29. The number of hydrogen-bond acceptors (Lipinski definition) is 3. The number of pyridine rings is 1. The lowest BCUT2D eigenvalue weighted by Crippen LogP contribution is -2.42. The molecule has 3 rings (SSSR count). The number of hydrogen-bond donors (Lipinski definition) is 2. The van der Waals surface area contributed by atoms with E-state index in [1.54, 1.807) is 0 Å². The van der Waals surface area contributed by atoms with E-state index in [2.05, 4.69) is 10.3 Å². The zero-order valence-corrected chi connectivity index (χ0v) is 11.6. The van der Waals surface area contributed by atoms with Crippen molar-refractivity contribution in [1.82, 2.24) is 4.98 Å². The predicted octanol–water partition coefficient (Wildman–Crippen LogP) is 3.57. The highest BCUT2D eigenvalue weighted by Crippen LogP contribution is 2.34. The van der Waals surface area contributed by atoms with Gasteiger partial charge in [-0.15, -0.1) is 0 Å². The molecule has 0 amide bonds. The lowest BCUT2D eigenvalue weighted by Gasteiger charge is -2.30. The van der Waals surface area contributed by atoms with E-state index in [1.807, 2.05) is 30.5 Å². The Hall–Kier alpha value is -1.32.